The summed E-state index contributed by atoms with van der Waals surface area (Å²) in [6.45, 7) is 5.70. The molecule has 1 aliphatic rings. The molecule has 1 aromatic carbocycles. The highest BCUT2D eigenvalue weighted by Gasteiger charge is 2.23. The summed E-state index contributed by atoms with van der Waals surface area (Å²) in [7, 11) is 0. The van der Waals surface area contributed by atoms with Crippen molar-refractivity contribution in [3.05, 3.63) is 52.8 Å². The Bertz CT molecular complexity index is 1030. The van der Waals surface area contributed by atoms with Gasteiger partial charge < -0.3 is 20.0 Å². The van der Waals surface area contributed by atoms with Crippen LogP contribution in [0.25, 0.3) is 11.0 Å². The van der Waals surface area contributed by atoms with Gasteiger partial charge in [0.1, 0.15) is 5.58 Å². The summed E-state index contributed by atoms with van der Waals surface area (Å²) < 4.78 is 19.4. The van der Waals surface area contributed by atoms with Crippen LogP contribution in [0.5, 0.6) is 0 Å². The number of nitrogens with zero attached hydrogens (tertiary/aromatic N) is 3. The topological polar surface area (TPSA) is 83.3 Å². The molecule has 2 aromatic heterocycles. The van der Waals surface area contributed by atoms with E-state index in [2.05, 4.69) is 34.4 Å². The summed E-state index contributed by atoms with van der Waals surface area (Å²) in [6, 6.07) is 8.76. The van der Waals surface area contributed by atoms with E-state index in [1.54, 1.807) is 24.3 Å². The normalized spacial score (nSPS) is 20.0. The third-order valence-electron chi connectivity index (χ3n) is 4.45. The number of fused-ring (bicyclic) bond motifs is 1. The Morgan fingerprint density at radius 2 is 2.00 bits per heavy atom. The predicted octanol–water partition coefficient (Wildman–Crippen LogP) is 2.65. The lowest BCUT2D eigenvalue weighted by Crippen LogP contribution is -2.54. The molecule has 4 rings (SSSR count). The van der Waals surface area contributed by atoms with E-state index in [9.17, 15) is 9.18 Å². The molecule has 0 spiro atoms. The number of halogens is 1. The second-order valence-corrected chi connectivity index (χ2v) is 6.87. The van der Waals surface area contributed by atoms with Gasteiger partial charge in [0.2, 0.25) is 5.95 Å². The molecular formula is C19H20FN5O2. The number of aromatic nitrogens is 2. The third-order valence-corrected chi connectivity index (χ3v) is 4.45. The van der Waals surface area contributed by atoms with Gasteiger partial charge in [0.05, 0.1) is 6.20 Å². The lowest BCUT2D eigenvalue weighted by Gasteiger charge is -2.36. The summed E-state index contributed by atoms with van der Waals surface area (Å²) in [4.78, 5) is 21.9. The van der Waals surface area contributed by atoms with E-state index in [4.69, 9.17) is 4.42 Å². The molecule has 0 aliphatic carbocycles. The van der Waals surface area contributed by atoms with E-state index >= 15 is 0 Å². The zero-order valence-corrected chi connectivity index (χ0v) is 15.1. The van der Waals surface area contributed by atoms with Gasteiger partial charge in [-0.05, 0) is 38.1 Å². The van der Waals surface area contributed by atoms with Crippen LogP contribution in [0.3, 0.4) is 0 Å². The zero-order chi connectivity index (χ0) is 19.0. The smallest absolute Gasteiger partial charge is 0.336 e. The summed E-state index contributed by atoms with van der Waals surface area (Å²) in [5, 5.41) is 7.18. The van der Waals surface area contributed by atoms with E-state index in [1.165, 1.54) is 12.3 Å². The minimum Gasteiger partial charge on any atom is -0.423 e. The molecule has 2 unspecified atom stereocenters. The van der Waals surface area contributed by atoms with Gasteiger partial charge in [-0.3, -0.25) is 0 Å². The number of rotatable bonds is 3. The van der Waals surface area contributed by atoms with E-state index in [0.717, 1.165) is 18.5 Å². The van der Waals surface area contributed by atoms with Crippen LogP contribution in [0, 0.1) is 5.82 Å². The zero-order valence-electron chi connectivity index (χ0n) is 15.1. The molecule has 8 heteroatoms. The van der Waals surface area contributed by atoms with Crippen LogP contribution in [0.15, 0.2) is 45.7 Å². The Labute approximate surface area is 155 Å². The molecule has 0 bridgehead atoms. The largest absolute Gasteiger partial charge is 0.423 e. The summed E-state index contributed by atoms with van der Waals surface area (Å²) in [5.74, 6) is 0.0659. The van der Waals surface area contributed by atoms with Crippen LogP contribution in [0.1, 0.15) is 13.8 Å². The van der Waals surface area contributed by atoms with E-state index in [-0.39, 0.29) is 5.82 Å². The number of hydrogen-bond acceptors (Lipinski definition) is 7. The van der Waals surface area contributed by atoms with Crippen molar-refractivity contribution >= 4 is 28.4 Å². The molecule has 0 saturated carbocycles. The molecule has 0 amide bonds. The van der Waals surface area contributed by atoms with Gasteiger partial charge in [0, 0.05) is 42.3 Å². The van der Waals surface area contributed by atoms with Gasteiger partial charge in [-0.15, -0.1) is 0 Å². The first kappa shape index (κ1) is 17.4. The highest BCUT2D eigenvalue weighted by molar-refractivity contribution is 5.81. The van der Waals surface area contributed by atoms with Crippen LogP contribution in [0.4, 0.5) is 21.8 Å². The highest BCUT2D eigenvalue weighted by Crippen LogP contribution is 2.24. The molecule has 1 aliphatic heterocycles. The molecule has 3 heterocycles. The van der Waals surface area contributed by atoms with Crippen LogP contribution < -0.4 is 21.2 Å². The molecule has 3 aromatic rings. The lowest BCUT2D eigenvalue weighted by molar-refractivity contribution is 0.403. The fourth-order valence-corrected chi connectivity index (χ4v) is 3.37. The Kier molecular flexibility index (Phi) is 4.49. The molecule has 7 nitrogen and oxygen atoms in total. The molecule has 27 heavy (non-hydrogen) atoms. The Hall–Kier alpha value is -3.00. The average molecular weight is 369 g/mol. The van der Waals surface area contributed by atoms with Gasteiger partial charge in [0.15, 0.2) is 11.6 Å². The first-order chi connectivity index (χ1) is 13.0. The number of benzene rings is 1. The third kappa shape index (κ3) is 3.75. The summed E-state index contributed by atoms with van der Waals surface area (Å²) >= 11 is 0. The number of piperazine rings is 1. The SMILES string of the molecule is CC1CN(c2ncc(F)c(Nc3ccc4oc(=O)ccc4c3)n2)CC(C)N1. The molecule has 2 N–H and O–H groups in total. The van der Waals surface area contributed by atoms with E-state index in [1.807, 2.05) is 4.90 Å². The van der Waals surface area contributed by atoms with Crippen molar-refractivity contribution in [1.82, 2.24) is 15.3 Å². The first-order valence-electron chi connectivity index (χ1n) is 8.82. The molecule has 0 radical (unpaired) electrons. The van der Waals surface area contributed by atoms with Crippen LogP contribution in [-0.2, 0) is 0 Å². The molecule has 2 atom stereocenters. The fraction of sp³-hybridized carbons (Fsp3) is 0.316. The van der Waals surface area contributed by atoms with Crippen LogP contribution in [0.2, 0.25) is 0 Å². The van der Waals surface area contributed by atoms with Crippen molar-refractivity contribution < 1.29 is 8.81 Å². The monoisotopic (exact) mass is 369 g/mol. The van der Waals surface area contributed by atoms with Crippen molar-refractivity contribution in [3.63, 3.8) is 0 Å². The molecule has 1 saturated heterocycles. The van der Waals surface area contributed by atoms with Gasteiger partial charge >= 0.3 is 5.63 Å². The van der Waals surface area contributed by atoms with Crippen molar-refractivity contribution in [2.45, 2.75) is 25.9 Å². The minimum absolute atomic E-state index is 0.107. The molecular weight excluding hydrogens is 349 g/mol. The van der Waals surface area contributed by atoms with Crippen molar-refractivity contribution in [3.8, 4) is 0 Å². The van der Waals surface area contributed by atoms with Crippen molar-refractivity contribution in [2.75, 3.05) is 23.3 Å². The molecule has 1 fully saturated rings. The lowest BCUT2D eigenvalue weighted by atomic mass is 10.1. The van der Waals surface area contributed by atoms with Gasteiger partial charge in [0.25, 0.3) is 0 Å². The Morgan fingerprint density at radius 3 is 2.78 bits per heavy atom. The van der Waals surface area contributed by atoms with E-state index in [0.29, 0.717) is 29.3 Å². The van der Waals surface area contributed by atoms with Gasteiger partial charge in [-0.2, -0.15) is 4.98 Å². The second kappa shape index (κ2) is 6.96. The Morgan fingerprint density at radius 1 is 1.22 bits per heavy atom. The average Bonchev–Trinajstić information content (AvgIpc) is 2.63. The Balaban J connectivity index is 1.62. The maximum absolute atomic E-state index is 14.3. The second-order valence-electron chi connectivity index (χ2n) is 6.87. The first-order valence-corrected chi connectivity index (χ1v) is 8.82. The number of nitrogens with one attached hydrogen (secondary N) is 2. The summed E-state index contributed by atoms with van der Waals surface area (Å²) in [5.41, 5.74) is 0.705. The van der Waals surface area contributed by atoms with Gasteiger partial charge in [-0.25, -0.2) is 14.2 Å². The van der Waals surface area contributed by atoms with Crippen molar-refractivity contribution in [1.29, 1.82) is 0 Å². The van der Waals surface area contributed by atoms with Crippen molar-refractivity contribution in [2.24, 2.45) is 0 Å². The van der Waals surface area contributed by atoms with Crippen LogP contribution in [-0.4, -0.2) is 35.1 Å². The fourth-order valence-electron chi connectivity index (χ4n) is 3.37. The standard InChI is InChI=1S/C19H20FN5O2/c1-11-9-25(10-12(2)22-11)19-21-8-15(20)18(24-19)23-14-4-5-16-13(7-14)3-6-17(26)27-16/h3-8,11-12,22H,9-10H2,1-2H3,(H,21,23,24). The van der Waals surface area contributed by atoms with Crippen LogP contribution >= 0.6 is 0 Å². The van der Waals surface area contributed by atoms with E-state index < -0.39 is 11.4 Å². The quantitative estimate of drug-likeness (QED) is 0.687. The maximum atomic E-state index is 14.3. The number of hydrogen-bond donors (Lipinski definition) is 2. The summed E-state index contributed by atoms with van der Waals surface area (Å²) in [6.07, 6.45) is 1.18. The predicted molar refractivity (Wildman–Crippen MR) is 102 cm³/mol. The number of anilines is 3. The molecule has 140 valence electrons. The highest BCUT2D eigenvalue weighted by atomic mass is 19.1. The maximum Gasteiger partial charge on any atom is 0.336 e. The minimum atomic E-state index is -0.533. The van der Waals surface area contributed by atoms with Gasteiger partial charge in [-0.1, -0.05) is 0 Å².